The van der Waals surface area contributed by atoms with Crippen LogP contribution in [-0.2, 0) is 6.54 Å². The average molecular weight is 208 g/mol. The van der Waals surface area contributed by atoms with E-state index in [2.05, 4.69) is 33.7 Å². The summed E-state index contributed by atoms with van der Waals surface area (Å²) in [4.78, 5) is 6.61. The number of aromatic nitrogens is 2. The zero-order chi connectivity index (χ0) is 10.7. The van der Waals surface area contributed by atoms with Crippen molar-refractivity contribution in [1.82, 2.24) is 19.8 Å². The first-order valence-electron chi connectivity index (χ1n) is 5.66. The fourth-order valence-corrected chi connectivity index (χ4v) is 2.24. The van der Waals surface area contributed by atoms with Gasteiger partial charge in [-0.05, 0) is 20.4 Å². The molecule has 84 valence electrons. The van der Waals surface area contributed by atoms with Crippen molar-refractivity contribution in [3.05, 3.63) is 18.7 Å². The molecule has 0 aliphatic carbocycles. The van der Waals surface area contributed by atoms with Gasteiger partial charge >= 0.3 is 0 Å². The van der Waals surface area contributed by atoms with Gasteiger partial charge in [-0.2, -0.15) is 0 Å². The zero-order valence-corrected chi connectivity index (χ0v) is 9.56. The van der Waals surface area contributed by atoms with E-state index in [4.69, 9.17) is 0 Å². The summed E-state index contributed by atoms with van der Waals surface area (Å²) in [6, 6.07) is 1.27. The molecular formula is C11H20N4. The SMILES string of the molecule is CNC1CCN(C(C)Cn2ccnc2)C1. The lowest BCUT2D eigenvalue weighted by Crippen LogP contribution is -2.37. The van der Waals surface area contributed by atoms with Crippen molar-refractivity contribution in [2.24, 2.45) is 0 Å². The maximum absolute atomic E-state index is 4.07. The van der Waals surface area contributed by atoms with E-state index in [-0.39, 0.29) is 0 Å². The lowest BCUT2D eigenvalue weighted by Gasteiger charge is -2.24. The molecule has 2 heterocycles. The number of likely N-dealkylation sites (N-methyl/N-ethyl adjacent to an activating group) is 1. The highest BCUT2D eigenvalue weighted by Gasteiger charge is 2.24. The molecule has 0 bridgehead atoms. The summed E-state index contributed by atoms with van der Waals surface area (Å²) >= 11 is 0. The van der Waals surface area contributed by atoms with Gasteiger partial charge in [0.05, 0.1) is 6.33 Å². The van der Waals surface area contributed by atoms with Gasteiger partial charge in [0.2, 0.25) is 0 Å². The molecule has 4 heteroatoms. The molecule has 4 nitrogen and oxygen atoms in total. The second kappa shape index (κ2) is 4.77. The van der Waals surface area contributed by atoms with Crippen LogP contribution in [0.3, 0.4) is 0 Å². The smallest absolute Gasteiger partial charge is 0.0946 e. The van der Waals surface area contributed by atoms with Crippen molar-refractivity contribution in [2.45, 2.75) is 32.0 Å². The first-order chi connectivity index (χ1) is 7.29. The fraction of sp³-hybridized carbons (Fsp3) is 0.727. The van der Waals surface area contributed by atoms with E-state index >= 15 is 0 Å². The van der Waals surface area contributed by atoms with Crippen LogP contribution < -0.4 is 5.32 Å². The highest BCUT2D eigenvalue weighted by molar-refractivity contribution is 4.84. The highest BCUT2D eigenvalue weighted by atomic mass is 15.2. The summed E-state index contributed by atoms with van der Waals surface area (Å²) in [6.07, 6.45) is 7.03. The Morgan fingerprint density at radius 2 is 2.47 bits per heavy atom. The predicted octanol–water partition coefficient (Wildman–Crippen LogP) is 0.565. The van der Waals surface area contributed by atoms with Crippen LogP contribution in [0.25, 0.3) is 0 Å². The molecule has 0 saturated carbocycles. The van der Waals surface area contributed by atoms with Crippen LogP contribution in [0.4, 0.5) is 0 Å². The van der Waals surface area contributed by atoms with E-state index in [1.54, 1.807) is 0 Å². The number of hydrogen-bond donors (Lipinski definition) is 1. The first-order valence-corrected chi connectivity index (χ1v) is 5.66. The zero-order valence-electron chi connectivity index (χ0n) is 9.56. The Bertz CT molecular complexity index is 283. The molecule has 1 N–H and O–H groups in total. The van der Waals surface area contributed by atoms with E-state index in [1.807, 2.05) is 18.7 Å². The molecule has 1 aliphatic rings. The number of rotatable bonds is 4. The van der Waals surface area contributed by atoms with Gasteiger partial charge in [-0.15, -0.1) is 0 Å². The summed E-state index contributed by atoms with van der Waals surface area (Å²) in [5, 5.41) is 3.35. The summed E-state index contributed by atoms with van der Waals surface area (Å²) in [5.74, 6) is 0. The topological polar surface area (TPSA) is 33.1 Å². The van der Waals surface area contributed by atoms with Gasteiger partial charge in [-0.3, -0.25) is 4.90 Å². The highest BCUT2D eigenvalue weighted by Crippen LogP contribution is 2.13. The Morgan fingerprint density at radius 1 is 1.60 bits per heavy atom. The Labute approximate surface area is 91.3 Å². The van der Waals surface area contributed by atoms with Gasteiger partial charge < -0.3 is 9.88 Å². The normalized spacial score (nSPS) is 24.5. The largest absolute Gasteiger partial charge is 0.336 e. The second-order valence-corrected chi connectivity index (χ2v) is 4.38. The van der Waals surface area contributed by atoms with Gasteiger partial charge in [-0.25, -0.2) is 4.98 Å². The Hall–Kier alpha value is -0.870. The molecule has 1 saturated heterocycles. The molecule has 2 atom stereocenters. The average Bonchev–Trinajstić information content (AvgIpc) is 2.86. The first kappa shape index (κ1) is 10.6. The number of likely N-dealkylation sites (tertiary alicyclic amines) is 1. The molecule has 15 heavy (non-hydrogen) atoms. The minimum atomic E-state index is 0.595. The monoisotopic (exact) mass is 208 g/mol. The Kier molecular flexibility index (Phi) is 3.38. The van der Waals surface area contributed by atoms with Crippen LogP contribution in [0.5, 0.6) is 0 Å². The number of hydrogen-bond acceptors (Lipinski definition) is 3. The van der Waals surface area contributed by atoms with Gasteiger partial charge in [-0.1, -0.05) is 0 Å². The van der Waals surface area contributed by atoms with Crippen LogP contribution in [0.1, 0.15) is 13.3 Å². The van der Waals surface area contributed by atoms with E-state index in [0.717, 1.165) is 6.54 Å². The van der Waals surface area contributed by atoms with Crippen LogP contribution in [-0.4, -0.2) is 46.7 Å². The third-order valence-corrected chi connectivity index (χ3v) is 3.29. The lowest BCUT2D eigenvalue weighted by molar-refractivity contribution is 0.231. The molecule has 2 unspecified atom stereocenters. The standard InChI is InChI=1S/C11H20N4/c1-10(7-14-6-4-13-9-14)15-5-3-11(8-15)12-2/h4,6,9-12H,3,5,7-8H2,1-2H3. The lowest BCUT2D eigenvalue weighted by atomic mass is 10.3. The molecule has 1 aromatic rings. The summed E-state index contributed by atoms with van der Waals surface area (Å²) in [5.41, 5.74) is 0. The van der Waals surface area contributed by atoms with E-state index in [0.29, 0.717) is 12.1 Å². The van der Waals surface area contributed by atoms with Gasteiger partial charge in [0.25, 0.3) is 0 Å². The van der Waals surface area contributed by atoms with Crippen molar-refractivity contribution in [1.29, 1.82) is 0 Å². The van der Waals surface area contributed by atoms with Crippen molar-refractivity contribution in [3.63, 3.8) is 0 Å². The third kappa shape index (κ3) is 2.58. The Balaban J connectivity index is 1.84. The van der Waals surface area contributed by atoms with Gasteiger partial charge in [0, 0.05) is 44.1 Å². The van der Waals surface area contributed by atoms with Crippen LogP contribution in [0.15, 0.2) is 18.7 Å². The predicted molar refractivity (Wildman–Crippen MR) is 60.7 cm³/mol. The number of nitrogens with one attached hydrogen (secondary N) is 1. The maximum atomic E-state index is 4.07. The van der Waals surface area contributed by atoms with Crippen molar-refractivity contribution >= 4 is 0 Å². The van der Waals surface area contributed by atoms with Crippen LogP contribution >= 0.6 is 0 Å². The van der Waals surface area contributed by atoms with Crippen molar-refractivity contribution < 1.29 is 0 Å². The summed E-state index contributed by atoms with van der Waals surface area (Å²) in [6.45, 7) is 5.71. The fourth-order valence-electron chi connectivity index (χ4n) is 2.24. The van der Waals surface area contributed by atoms with Gasteiger partial charge in [0.1, 0.15) is 0 Å². The van der Waals surface area contributed by atoms with E-state index in [9.17, 15) is 0 Å². The minimum absolute atomic E-state index is 0.595. The molecular weight excluding hydrogens is 188 g/mol. The van der Waals surface area contributed by atoms with Crippen LogP contribution in [0, 0.1) is 0 Å². The summed E-state index contributed by atoms with van der Waals surface area (Å²) in [7, 11) is 2.05. The van der Waals surface area contributed by atoms with Crippen LogP contribution in [0.2, 0.25) is 0 Å². The molecule has 1 fully saturated rings. The van der Waals surface area contributed by atoms with Crippen molar-refractivity contribution in [2.75, 3.05) is 20.1 Å². The maximum Gasteiger partial charge on any atom is 0.0946 e. The molecule has 0 aromatic carbocycles. The second-order valence-electron chi connectivity index (χ2n) is 4.38. The molecule has 1 aliphatic heterocycles. The molecule has 0 radical (unpaired) electrons. The van der Waals surface area contributed by atoms with E-state index < -0.39 is 0 Å². The minimum Gasteiger partial charge on any atom is -0.336 e. The van der Waals surface area contributed by atoms with Gasteiger partial charge in [0.15, 0.2) is 0 Å². The third-order valence-electron chi connectivity index (χ3n) is 3.29. The molecule has 1 aromatic heterocycles. The quantitative estimate of drug-likeness (QED) is 0.785. The number of nitrogens with zero attached hydrogens (tertiary/aromatic N) is 3. The molecule has 0 spiro atoms. The van der Waals surface area contributed by atoms with Crippen molar-refractivity contribution in [3.8, 4) is 0 Å². The molecule has 2 rings (SSSR count). The molecule has 0 amide bonds. The Morgan fingerprint density at radius 3 is 3.07 bits per heavy atom. The summed E-state index contributed by atoms with van der Waals surface area (Å²) < 4.78 is 2.15. The van der Waals surface area contributed by atoms with E-state index in [1.165, 1.54) is 19.5 Å². The number of imidazole rings is 1.